The number of ether oxygens (including phenoxy) is 1. The van der Waals surface area contributed by atoms with Crippen LogP contribution in [0.1, 0.15) is 15.9 Å². The van der Waals surface area contributed by atoms with Crippen molar-refractivity contribution in [3.05, 3.63) is 83.0 Å². The summed E-state index contributed by atoms with van der Waals surface area (Å²) in [5.41, 5.74) is 2.94. The van der Waals surface area contributed by atoms with Gasteiger partial charge in [-0.25, -0.2) is 4.98 Å². The van der Waals surface area contributed by atoms with Gasteiger partial charge in [0.2, 0.25) is 5.88 Å². The molecular weight excluding hydrogens is 386 g/mol. The van der Waals surface area contributed by atoms with Crippen LogP contribution in [0.3, 0.4) is 0 Å². The Hall–Kier alpha value is -3.05. The summed E-state index contributed by atoms with van der Waals surface area (Å²) in [6.07, 6.45) is 1.67. The van der Waals surface area contributed by atoms with Crippen molar-refractivity contribution >= 4 is 23.2 Å². The first-order valence-corrected chi connectivity index (χ1v) is 9.97. The molecule has 0 N–H and O–H groups in total. The van der Waals surface area contributed by atoms with Crippen LogP contribution in [0.25, 0.3) is 0 Å². The summed E-state index contributed by atoms with van der Waals surface area (Å²) in [6.45, 7) is 4.95. The zero-order valence-corrected chi connectivity index (χ0v) is 17.0. The Morgan fingerprint density at radius 3 is 2.59 bits per heavy atom. The Bertz CT molecular complexity index is 1000. The van der Waals surface area contributed by atoms with Crippen LogP contribution in [-0.2, 0) is 0 Å². The van der Waals surface area contributed by atoms with Gasteiger partial charge in [0.1, 0.15) is 5.75 Å². The van der Waals surface area contributed by atoms with Crippen LogP contribution in [0.2, 0.25) is 5.02 Å². The number of aryl methyl sites for hydroxylation is 1. The number of rotatable bonds is 4. The van der Waals surface area contributed by atoms with E-state index in [1.165, 1.54) is 5.56 Å². The molecule has 6 heteroatoms. The van der Waals surface area contributed by atoms with E-state index in [1.54, 1.807) is 18.3 Å². The van der Waals surface area contributed by atoms with Gasteiger partial charge in [-0.2, -0.15) is 0 Å². The molecule has 3 aromatic rings. The highest BCUT2D eigenvalue weighted by atomic mass is 35.5. The lowest BCUT2D eigenvalue weighted by molar-refractivity contribution is 0.0746. The van der Waals surface area contributed by atoms with Crippen molar-refractivity contribution in [2.75, 3.05) is 31.1 Å². The summed E-state index contributed by atoms with van der Waals surface area (Å²) in [6, 6.07) is 18.6. The molecule has 0 radical (unpaired) electrons. The highest BCUT2D eigenvalue weighted by Crippen LogP contribution is 2.26. The summed E-state index contributed by atoms with van der Waals surface area (Å²) in [5, 5.41) is 0.730. The lowest BCUT2D eigenvalue weighted by Gasteiger charge is -2.37. The van der Waals surface area contributed by atoms with E-state index in [9.17, 15) is 4.79 Å². The van der Waals surface area contributed by atoms with E-state index in [1.807, 2.05) is 53.4 Å². The Labute approximate surface area is 175 Å². The minimum absolute atomic E-state index is 0.0129. The van der Waals surface area contributed by atoms with Crippen molar-refractivity contribution in [3.8, 4) is 11.6 Å². The molecule has 2 aromatic carbocycles. The molecule has 1 amide bonds. The van der Waals surface area contributed by atoms with Gasteiger partial charge in [0.25, 0.3) is 5.91 Å². The molecular formula is C23H22ClN3O2. The first-order valence-electron chi connectivity index (χ1n) is 9.59. The molecule has 2 heterocycles. The second kappa shape index (κ2) is 8.53. The summed E-state index contributed by atoms with van der Waals surface area (Å²) in [5.74, 6) is 1.12. The van der Waals surface area contributed by atoms with Gasteiger partial charge in [-0.1, -0.05) is 29.8 Å². The second-order valence-electron chi connectivity index (χ2n) is 7.01. The molecule has 0 unspecified atom stereocenters. The molecule has 29 heavy (non-hydrogen) atoms. The van der Waals surface area contributed by atoms with E-state index in [-0.39, 0.29) is 5.91 Å². The van der Waals surface area contributed by atoms with Crippen LogP contribution in [0, 0.1) is 6.92 Å². The van der Waals surface area contributed by atoms with Crippen LogP contribution in [0.15, 0.2) is 66.9 Å². The number of carbonyl (C=O) groups excluding carboxylic acids is 1. The molecule has 0 bridgehead atoms. The Balaban J connectivity index is 1.42. The topological polar surface area (TPSA) is 45.7 Å². The predicted molar refractivity (Wildman–Crippen MR) is 115 cm³/mol. The minimum atomic E-state index is 0.0129. The number of amides is 1. The van der Waals surface area contributed by atoms with Crippen molar-refractivity contribution in [3.63, 3.8) is 0 Å². The Kier molecular flexibility index (Phi) is 5.67. The van der Waals surface area contributed by atoms with Crippen LogP contribution < -0.4 is 9.64 Å². The fourth-order valence-electron chi connectivity index (χ4n) is 3.48. The standard InChI is InChI=1S/C23H22ClN3O2/c1-17-8-9-19(24)16-21(17)26-11-13-27(14-12-26)23(28)18-5-4-6-20(15-18)29-22-7-2-3-10-25-22/h2-10,15-16H,11-14H2,1H3. The largest absolute Gasteiger partial charge is 0.439 e. The molecule has 0 spiro atoms. The second-order valence-corrected chi connectivity index (χ2v) is 7.44. The van der Waals surface area contributed by atoms with Crippen molar-refractivity contribution < 1.29 is 9.53 Å². The van der Waals surface area contributed by atoms with Crippen LogP contribution in [0.4, 0.5) is 5.69 Å². The average molecular weight is 408 g/mol. The average Bonchev–Trinajstić information content (AvgIpc) is 2.76. The number of hydrogen-bond donors (Lipinski definition) is 0. The number of piperazine rings is 1. The first kappa shape index (κ1) is 19.3. The fourth-order valence-corrected chi connectivity index (χ4v) is 3.64. The third-order valence-corrected chi connectivity index (χ3v) is 5.26. The number of aromatic nitrogens is 1. The monoisotopic (exact) mass is 407 g/mol. The highest BCUT2D eigenvalue weighted by molar-refractivity contribution is 6.30. The third kappa shape index (κ3) is 4.51. The number of carbonyl (C=O) groups is 1. The van der Waals surface area contributed by atoms with Gasteiger partial charge >= 0.3 is 0 Å². The molecule has 5 nitrogen and oxygen atoms in total. The number of anilines is 1. The fraction of sp³-hybridized carbons (Fsp3) is 0.217. The zero-order chi connectivity index (χ0) is 20.2. The lowest BCUT2D eigenvalue weighted by atomic mass is 10.1. The number of benzene rings is 2. The minimum Gasteiger partial charge on any atom is -0.439 e. The number of nitrogens with zero attached hydrogens (tertiary/aromatic N) is 3. The van der Waals surface area contributed by atoms with E-state index in [0.717, 1.165) is 23.8 Å². The van der Waals surface area contributed by atoms with Gasteiger partial charge in [0.15, 0.2) is 0 Å². The summed E-state index contributed by atoms with van der Waals surface area (Å²) in [4.78, 5) is 21.3. The number of hydrogen-bond acceptors (Lipinski definition) is 4. The molecule has 1 aliphatic rings. The van der Waals surface area contributed by atoms with E-state index in [0.29, 0.717) is 30.3 Å². The first-order chi connectivity index (χ1) is 14.1. The number of pyridine rings is 1. The molecule has 0 aliphatic carbocycles. The van der Waals surface area contributed by atoms with E-state index >= 15 is 0 Å². The quantitative estimate of drug-likeness (QED) is 0.623. The van der Waals surface area contributed by atoms with Crippen LogP contribution >= 0.6 is 11.6 Å². The summed E-state index contributed by atoms with van der Waals surface area (Å²) >= 11 is 6.16. The van der Waals surface area contributed by atoms with Crippen molar-refractivity contribution in [2.24, 2.45) is 0 Å². The molecule has 1 saturated heterocycles. The maximum atomic E-state index is 13.0. The Morgan fingerprint density at radius 2 is 1.83 bits per heavy atom. The van der Waals surface area contributed by atoms with Crippen molar-refractivity contribution in [1.29, 1.82) is 0 Å². The number of halogens is 1. The van der Waals surface area contributed by atoms with E-state index < -0.39 is 0 Å². The van der Waals surface area contributed by atoms with Gasteiger partial charge < -0.3 is 14.5 Å². The van der Waals surface area contributed by atoms with Crippen molar-refractivity contribution in [1.82, 2.24) is 9.88 Å². The maximum absolute atomic E-state index is 13.0. The van der Waals surface area contributed by atoms with Gasteiger partial charge in [-0.05, 0) is 48.9 Å². The lowest BCUT2D eigenvalue weighted by Crippen LogP contribution is -2.49. The Morgan fingerprint density at radius 1 is 1.00 bits per heavy atom. The molecule has 148 valence electrons. The molecule has 4 rings (SSSR count). The molecule has 1 fully saturated rings. The SMILES string of the molecule is Cc1ccc(Cl)cc1N1CCN(C(=O)c2cccc(Oc3ccccn3)c2)CC1. The third-order valence-electron chi connectivity index (χ3n) is 5.02. The van der Waals surface area contributed by atoms with E-state index in [4.69, 9.17) is 16.3 Å². The summed E-state index contributed by atoms with van der Waals surface area (Å²) < 4.78 is 5.75. The molecule has 1 aliphatic heterocycles. The van der Waals surface area contributed by atoms with Gasteiger partial charge in [0, 0.05) is 54.7 Å². The zero-order valence-electron chi connectivity index (χ0n) is 16.2. The van der Waals surface area contributed by atoms with Crippen molar-refractivity contribution in [2.45, 2.75) is 6.92 Å². The molecule has 1 aromatic heterocycles. The van der Waals surface area contributed by atoms with E-state index in [2.05, 4.69) is 16.8 Å². The normalized spacial score (nSPS) is 14.0. The smallest absolute Gasteiger partial charge is 0.254 e. The van der Waals surface area contributed by atoms with Gasteiger partial charge in [-0.15, -0.1) is 0 Å². The summed E-state index contributed by atoms with van der Waals surface area (Å²) in [7, 11) is 0. The van der Waals surface area contributed by atoms with Crippen LogP contribution in [-0.4, -0.2) is 42.0 Å². The van der Waals surface area contributed by atoms with Gasteiger partial charge in [0.05, 0.1) is 0 Å². The highest BCUT2D eigenvalue weighted by Gasteiger charge is 2.23. The van der Waals surface area contributed by atoms with Crippen LogP contribution in [0.5, 0.6) is 11.6 Å². The van der Waals surface area contributed by atoms with Gasteiger partial charge in [-0.3, -0.25) is 4.79 Å². The predicted octanol–water partition coefficient (Wildman–Crippen LogP) is 4.80. The molecule has 0 atom stereocenters. The molecule has 0 saturated carbocycles. The maximum Gasteiger partial charge on any atom is 0.254 e.